The number of ether oxygens (including phenoxy) is 1. The van der Waals surface area contributed by atoms with E-state index < -0.39 is 0 Å². The fourth-order valence-corrected chi connectivity index (χ4v) is 4.96. The van der Waals surface area contributed by atoms with Crippen molar-refractivity contribution >= 4 is 34.4 Å². The SMILES string of the molecule is Cc1cc(Nc2cc3ncccc3c(NC3C[C@H]4CC[C@@H](C3)N4C(=O)OCC(C)C)n2)n[nH]1. The van der Waals surface area contributed by atoms with Gasteiger partial charge in [0.15, 0.2) is 5.82 Å². The van der Waals surface area contributed by atoms with E-state index in [0.29, 0.717) is 24.2 Å². The number of hydrogen-bond donors (Lipinski definition) is 3. The van der Waals surface area contributed by atoms with Crippen LogP contribution in [0.4, 0.5) is 22.2 Å². The molecule has 2 fully saturated rings. The highest BCUT2D eigenvalue weighted by molar-refractivity contribution is 5.91. The zero-order valence-electron chi connectivity index (χ0n) is 19.3. The lowest BCUT2D eigenvalue weighted by atomic mass is 9.97. The molecule has 2 aliphatic heterocycles. The fraction of sp³-hybridized carbons (Fsp3) is 0.500. The lowest BCUT2D eigenvalue weighted by Crippen LogP contribution is -2.50. The molecule has 2 aliphatic rings. The first kappa shape index (κ1) is 21.5. The summed E-state index contributed by atoms with van der Waals surface area (Å²) in [6, 6.07) is 8.47. The number of hydrogen-bond acceptors (Lipinski definition) is 7. The third-order valence-corrected chi connectivity index (χ3v) is 6.39. The second-order valence-corrected chi connectivity index (χ2v) is 9.56. The van der Waals surface area contributed by atoms with Crippen LogP contribution in [0.25, 0.3) is 10.9 Å². The third kappa shape index (κ3) is 4.58. The molecular weight excluding hydrogens is 418 g/mol. The van der Waals surface area contributed by atoms with Crippen LogP contribution in [0.2, 0.25) is 0 Å². The van der Waals surface area contributed by atoms with Crippen LogP contribution in [0.1, 0.15) is 45.2 Å². The van der Waals surface area contributed by atoms with Crippen LogP contribution >= 0.6 is 0 Å². The number of piperidine rings is 1. The smallest absolute Gasteiger partial charge is 0.410 e. The van der Waals surface area contributed by atoms with Crippen molar-refractivity contribution in [1.82, 2.24) is 25.1 Å². The summed E-state index contributed by atoms with van der Waals surface area (Å²) in [6.45, 7) is 6.54. The molecule has 33 heavy (non-hydrogen) atoms. The van der Waals surface area contributed by atoms with Gasteiger partial charge < -0.3 is 20.3 Å². The van der Waals surface area contributed by atoms with Gasteiger partial charge in [-0.2, -0.15) is 5.10 Å². The van der Waals surface area contributed by atoms with Crippen molar-refractivity contribution in [3.8, 4) is 0 Å². The maximum atomic E-state index is 12.7. The number of pyridine rings is 2. The number of rotatable bonds is 6. The number of fused-ring (bicyclic) bond motifs is 3. The minimum Gasteiger partial charge on any atom is -0.449 e. The second-order valence-electron chi connectivity index (χ2n) is 9.56. The first-order valence-corrected chi connectivity index (χ1v) is 11.7. The van der Waals surface area contributed by atoms with Crippen molar-refractivity contribution in [2.45, 2.75) is 64.6 Å². The van der Waals surface area contributed by atoms with Gasteiger partial charge in [-0.3, -0.25) is 10.1 Å². The predicted octanol–water partition coefficient (Wildman–Crippen LogP) is 4.60. The molecule has 3 aromatic heterocycles. The third-order valence-electron chi connectivity index (χ3n) is 6.39. The number of aromatic amines is 1. The van der Waals surface area contributed by atoms with E-state index in [4.69, 9.17) is 9.72 Å². The molecule has 0 aliphatic carbocycles. The molecule has 3 atom stereocenters. The molecule has 2 saturated heterocycles. The van der Waals surface area contributed by atoms with Crippen LogP contribution in [-0.4, -0.2) is 55.9 Å². The fourth-order valence-electron chi connectivity index (χ4n) is 4.96. The minimum atomic E-state index is -0.164. The molecule has 0 radical (unpaired) electrons. The standard InChI is InChI=1S/C24H31N7O2/c1-14(2)13-33-24(32)31-17-6-7-18(31)11-16(10-17)26-23-19-5-4-8-25-20(19)12-21(28-23)27-22-9-15(3)29-30-22/h4-5,8-9,12,14,16-18H,6-7,10-11,13H2,1-3H3,(H3,26,27,28,29,30)/t16?,17-,18+. The van der Waals surface area contributed by atoms with Gasteiger partial charge in [0.2, 0.25) is 0 Å². The Labute approximate surface area is 193 Å². The number of anilines is 3. The van der Waals surface area contributed by atoms with E-state index in [1.54, 1.807) is 6.20 Å². The van der Waals surface area contributed by atoms with Gasteiger partial charge in [0.25, 0.3) is 0 Å². The molecule has 9 heteroatoms. The van der Waals surface area contributed by atoms with E-state index in [0.717, 1.165) is 48.1 Å². The molecule has 2 bridgehead atoms. The van der Waals surface area contributed by atoms with Crippen molar-refractivity contribution in [2.24, 2.45) is 5.92 Å². The number of H-pyrrole nitrogens is 1. The molecule has 174 valence electrons. The van der Waals surface area contributed by atoms with Gasteiger partial charge in [-0.05, 0) is 50.7 Å². The number of nitrogens with one attached hydrogen (secondary N) is 3. The van der Waals surface area contributed by atoms with Crippen LogP contribution in [0.3, 0.4) is 0 Å². The van der Waals surface area contributed by atoms with Gasteiger partial charge in [0.1, 0.15) is 11.6 Å². The summed E-state index contributed by atoms with van der Waals surface area (Å²) in [5, 5.41) is 15.1. The Morgan fingerprint density at radius 3 is 2.73 bits per heavy atom. The topological polar surface area (TPSA) is 108 Å². The summed E-state index contributed by atoms with van der Waals surface area (Å²) in [4.78, 5) is 24.0. The zero-order chi connectivity index (χ0) is 22.9. The number of nitrogens with zero attached hydrogens (tertiary/aromatic N) is 4. The molecule has 0 aromatic carbocycles. The van der Waals surface area contributed by atoms with Crippen LogP contribution in [0.5, 0.6) is 0 Å². The van der Waals surface area contributed by atoms with Gasteiger partial charge in [0.05, 0.1) is 12.1 Å². The molecule has 9 nitrogen and oxygen atoms in total. The largest absolute Gasteiger partial charge is 0.449 e. The number of amides is 1. The van der Waals surface area contributed by atoms with Gasteiger partial charge >= 0.3 is 6.09 Å². The molecule has 3 N–H and O–H groups in total. The molecule has 5 heterocycles. The number of carbonyl (C=O) groups excluding carboxylic acids is 1. The van der Waals surface area contributed by atoms with Crippen molar-refractivity contribution < 1.29 is 9.53 Å². The van der Waals surface area contributed by atoms with Crippen LogP contribution in [0.15, 0.2) is 30.5 Å². The first-order valence-electron chi connectivity index (χ1n) is 11.7. The van der Waals surface area contributed by atoms with Crippen LogP contribution in [-0.2, 0) is 4.74 Å². The lowest BCUT2D eigenvalue weighted by Gasteiger charge is -2.38. The quantitative estimate of drug-likeness (QED) is 0.504. The highest BCUT2D eigenvalue weighted by atomic mass is 16.6. The van der Waals surface area contributed by atoms with Crippen molar-refractivity contribution in [3.05, 3.63) is 36.2 Å². The minimum absolute atomic E-state index is 0.164. The van der Waals surface area contributed by atoms with E-state index >= 15 is 0 Å². The van der Waals surface area contributed by atoms with E-state index in [2.05, 4.69) is 39.7 Å². The number of aromatic nitrogens is 4. The van der Waals surface area contributed by atoms with E-state index in [-0.39, 0.29) is 24.2 Å². The summed E-state index contributed by atoms with van der Waals surface area (Å²) in [7, 11) is 0. The summed E-state index contributed by atoms with van der Waals surface area (Å²) in [5.41, 5.74) is 1.84. The molecular formula is C24H31N7O2. The van der Waals surface area contributed by atoms with E-state index in [1.165, 1.54) is 0 Å². The van der Waals surface area contributed by atoms with Crippen LogP contribution in [0, 0.1) is 12.8 Å². The molecule has 5 rings (SSSR count). The molecule has 1 amide bonds. The maximum Gasteiger partial charge on any atom is 0.410 e. The zero-order valence-corrected chi connectivity index (χ0v) is 19.3. The summed E-state index contributed by atoms with van der Waals surface area (Å²) < 4.78 is 5.54. The molecule has 0 saturated carbocycles. The van der Waals surface area contributed by atoms with E-state index in [9.17, 15) is 4.79 Å². The summed E-state index contributed by atoms with van der Waals surface area (Å²) in [6.07, 6.45) is 5.43. The maximum absolute atomic E-state index is 12.7. The predicted molar refractivity (Wildman–Crippen MR) is 128 cm³/mol. The molecule has 3 aromatic rings. The van der Waals surface area contributed by atoms with Gasteiger partial charge in [-0.1, -0.05) is 13.8 Å². The first-order chi connectivity index (χ1) is 16.0. The van der Waals surface area contributed by atoms with Crippen molar-refractivity contribution in [1.29, 1.82) is 0 Å². The highest BCUT2D eigenvalue weighted by Crippen LogP contribution is 2.38. The molecule has 1 unspecified atom stereocenters. The number of carbonyl (C=O) groups is 1. The van der Waals surface area contributed by atoms with Gasteiger partial charge in [0, 0.05) is 47.5 Å². The van der Waals surface area contributed by atoms with Crippen molar-refractivity contribution in [2.75, 3.05) is 17.2 Å². The summed E-state index contributed by atoms with van der Waals surface area (Å²) >= 11 is 0. The lowest BCUT2D eigenvalue weighted by molar-refractivity contribution is 0.0603. The second kappa shape index (κ2) is 8.88. The monoisotopic (exact) mass is 449 g/mol. The number of aryl methyl sites for hydroxylation is 1. The molecule has 0 spiro atoms. The van der Waals surface area contributed by atoms with E-state index in [1.807, 2.05) is 36.1 Å². The highest BCUT2D eigenvalue weighted by Gasteiger charge is 2.44. The Balaban J connectivity index is 1.34. The van der Waals surface area contributed by atoms with Gasteiger partial charge in [-0.25, -0.2) is 9.78 Å². The van der Waals surface area contributed by atoms with Crippen molar-refractivity contribution in [3.63, 3.8) is 0 Å². The Kier molecular flexibility index (Phi) is 5.78. The normalized spacial score (nSPS) is 22.1. The summed E-state index contributed by atoms with van der Waals surface area (Å²) in [5.74, 6) is 2.54. The van der Waals surface area contributed by atoms with Gasteiger partial charge in [-0.15, -0.1) is 0 Å². The Bertz CT molecular complexity index is 1130. The Morgan fingerprint density at radius 1 is 1.24 bits per heavy atom. The average molecular weight is 450 g/mol. The van der Waals surface area contributed by atoms with Crippen LogP contribution < -0.4 is 10.6 Å². The Hall–Kier alpha value is -3.36. The average Bonchev–Trinajstić information content (AvgIpc) is 3.31. The Morgan fingerprint density at radius 2 is 2.03 bits per heavy atom.